The first-order chi connectivity index (χ1) is 16.6. The van der Waals surface area contributed by atoms with Crippen LogP contribution in [0.4, 0.5) is 0 Å². The monoisotopic (exact) mass is 633 g/mol. The second-order valence-electron chi connectivity index (χ2n) is 8.79. The van der Waals surface area contributed by atoms with Gasteiger partial charge in [-0.1, -0.05) is 62.7 Å². The van der Waals surface area contributed by atoms with Crippen LogP contribution in [0.3, 0.4) is 0 Å². The van der Waals surface area contributed by atoms with E-state index in [1.807, 2.05) is 12.3 Å². The third-order valence-electron chi connectivity index (χ3n) is 6.12. The molecule has 0 N–H and O–H groups in total. The summed E-state index contributed by atoms with van der Waals surface area (Å²) in [6.45, 7) is 9.67. The van der Waals surface area contributed by atoms with Crippen molar-refractivity contribution in [2.24, 2.45) is 0 Å². The zero-order chi connectivity index (χ0) is 24.1. The van der Waals surface area contributed by atoms with Crippen LogP contribution in [0.5, 0.6) is 0 Å². The fourth-order valence-corrected chi connectivity index (χ4v) is 4.45. The molecule has 6 aromatic rings. The van der Waals surface area contributed by atoms with Gasteiger partial charge in [0.2, 0.25) is 0 Å². The summed E-state index contributed by atoms with van der Waals surface area (Å²) in [5.74, 6) is 0.547. The Hall–Kier alpha value is -2.03. The van der Waals surface area contributed by atoms with E-state index >= 15 is 0 Å². The van der Waals surface area contributed by atoms with E-state index in [9.17, 15) is 0 Å². The van der Waals surface area contributed by atoms with E-state index in [2.05, 4.69) is 124 Å². The van der Waals surface area contributed by atoms with Crippen LogP contribution in [0.1, 0.15) is 30.9 Å². The molecule has 0 saturated heterocycles. The summed E-state index contributed by atoms with van der Waals surface area (Å²) in [7, 11) is 0. The van der Waals surface area contributed by atoms with E-state index in [1.165, 1.54) is 72.5 Å². The molecule has 0 amide bonds. The van der Waals surface area contributed by atoms with Crippen LogP contribution in [0.2, 0.25) is 0 Å². The van der Waals surface area contributed by atoms with Gasteiger partial charge >= 0.3 is 30.2 Å². The van der Waals surface area contributed by atoms with Crippen molar-refractivity contribution in [2.45, 2.75) is 26.7 Å². The average molecular weight is 636 g/mol. The molecule has 0 saturated carbocycles. The zero-order valence-electron chi connectivity index (χ0n) is 22.7. The molecule has 0 fully saturated rings. The molecule has 5 heteroatoms. The minimum absolute atomic E-state index is 0. The van der Waals surface area contributed by atoms with Crippen LogP contribution in [0.25, 0.3) is 43.6 Å². The topological polar surface area (TPSA) is 12.9 Å². The van der Waals surface area contributed by atoms with Gasteiger partial charge in [0.25, 0.3) is 0 Å². The molecule has 198 valence electrons. The molecule has 1 heterocycles. The number of fused-ring (bicyclic) bond motifs is 3. The molecule has 1 nitrogen and oxygen atoms in total. The Morgan fingerprint density at radius 3 is 2.03 bits per heavy atom. The number of nitrogens with zero attached hydrogens (tertiary/aromatic N) is 1. The average Bonchev–Trinajstić information content (AvgIpc) is 3.48. The number of hydrogen-bond acceptors (Lipinski definition) is 1. The normalized spacial score (nSPS) is 9.55. The summed E-state index contributed by atoms with van der Waals surface area (Å²) in [6.07, 6.45) is 1.87. The predicted molar refractivity (Wildman–Crippen MR) is 172 cm³/mol. The van der Waals surface area contributed by atoms with E-state index < -0.39 is 0 Å². The van der Waals surface area contributed by atoms with Crippen LogP contribution in [-0.4, -0.2) is 11.9 Å². The summed E-state index contributed by atoms with van der Waals surface area (Å²) >= 11 is 1.36. The maximum absolute atomic E-state index is 4.61. The van der Waals surface area contributed by atoms with E-state index in [0.717, 1.165) is 5.52 Å². The van der Waals surface area contributed by atoms with Crippen molar-refractivity contribution in [3.63, 3.8) is 0 Å². The first-order valence-electron chi connectivity index (χ1n) is 11.5. The van der Waals surface area contributed by atoms with E-state index in [1.54, 1.807) is 0 Å². The number of aryl methyl sites for hydroxylation is 1. The van der Waals surface area contributed by atoms with Crippen molar-refractivity contribution in [3.8, 4) is 11.1 Å². The van der Waals surface area contributed by atoms with Crippen LogP contribution < -0.4 is 0 Å². The number of pyridine rings is 1. The Labute approximate surface area is 257 Å². The number of hydrogen-bond donors (Lipinski definition) is 0. The number of para-hydroxylation sites is 1. The van der Waals surface area contributed by atoms with Crippen LogP contribution in [-0.2, 0) is 23.3 Å². The van der Waals surface area contributed by atoms with Gasteiger partial charge in [-0.25, -0.2) is 0 Å². The molecular formula is C33H35Cl2NSiZr-4. The second-order valence-corrected chi connectivity index (χ2v) is 8.79. The molecule has 2 radical (unpaired) electrons. The molecule has 0 bridgehead atoms. The van der Waals surface area contributed by atoms with Crippen LogP contribution >= 0.6 is 24.8 Å². The standard InChI is InChI=1S/C21H18N.C10H9.2CH3.2ClH.Si.Zr/c1-14(2)17-12-16-7-4-9-18(20(16)13-17)19-10-3-6-15-8-5-11-22-21(15)19;1-8-6-9-4-2-3-5-10(9)7-8;;;;;;/h3-14H,1-2H3;2-7H,1H3;2*1H3;2*1H;;/q4*-1;;;;. The third-order valence-corrected chi connectivity index (χ3v) is 6.12. The fourth-order valence-electron chi connectivity index (χ4n) is 4.45. The molecular weight excluding hydrogens is 601 g/mol. The zero-order valence-corrected chi connectivity index (χ0v) is 27.7. The Morgan fingerprint density at radius 2 is 1.32 bits per heavy atom. The molecule has 6 rings (SSSR count). The van der Waals surface area contributed by atoms with Crippen LogP contribution in [0, 0.1) is 21.8 Å². The van der Waals surface area contributed by atoms with Crippen LogP contribution in [0.15, 0.2) is 103 Å². The minimum atomic E-state index is 0. The molecule has 0 atom stereocenters. The van der Waals surface area contributed by atoms with Crippen molar-refractivity contribution in [3.05, 3.63) is 129 Å². The second kappa shape index (κ2) is 16.8. The van der Waals surface area contributed by atoms with Gasteiger partial charge in [0, 0.05) is 11.6 Å². The number of aromatic nitrogens is 1. The summed E-state index contributed by atoms with van der Waals surface area (Å²) in [4.78, 5) is 4.61. The molecule has 1 aromatic heterocycles. The summed E-state index contributed by atoms with van der Waals surface area (Å²) in [5, 5.41) is 6.52. The Kier molecular flexibility index (Phi) is 15.9. The van der Waals surface area contributed by atoms with Crippen molar-refractivity contribution in [1.82, 2.24) is 4.98 Å². The van der Waals surface area contributed by atoms with Crippen molar-refractivity contribution < 1.29 is 23.3 Å². The first kappa shape index (κ1) is 36.0. The summed E-state index contributed by atoms with van der Waals surface area (Å²) in [6, 6.07) is 34.5. The fraction of sp³-hybridized carbons (Fsp3) is 0.121. The van der Waals surface area contributed by atoms with E-state index in [-0.39, 0.29) is 39.7 Å². The Bertz CT molecular complexity index is 1510. The molecule has 0 aliphatic carbocycles. The van der Waals surface area contributed by atoms with Crippen molar-refractivity contribution in [2.75, 3.05) is 0 Å². The molecule has 0 spiro atoms. The first-order valence-corrected chi connectivity index (χ1v) is 15.7. The molecule has 0 unspecified atom stereocenters. The van der Waals surface area contributed by atoms with Gasteiger partial charge in [-0.2, -0.15) is 12.1 Å². The maximum atomic E-state index is 4.61. The van der Waals surface area contributed by atoms with E-state index in [0.29, 0.717) is 5.92 Å². The Balaban J connectivity index is 0.000000734. The molecule has 0 aliphatic rings. The summed E-state index contributed by atoms with van der Waals surface area (Å²) in [5.41, 5.74) is 6.31. The molecule has 38 heavy (non-hydrogen) atoms. The van der Waals surface area contributed by atoms with Gasteiger partial charge in [-0.3, -0.25) is 4.98 Å². The van der Waals surface area contributed by atoms with Gasteiger partial charge in [0.1, 0.15) is 0 Å². The van der Waals surface area contributed by atoms with Gasteiger partial charge in [0.15, 0.2) is 0 Å². The predicted octanol–water partition coefficient (Wildman–Crippen LogP) is 10.1. The van der Waals surface area contributed by atoms with Gasteiger partial charge < -0.3 is 14.9 Å². The number of rotatable bonds is 2. The number of benzene rings is 3. The third kappa shape index (κ3) is 7.99. The van der Waals surface area contributed by atoms with Crippen molar-refractivity contribution >= 4 is 64.1 Å². The van der Waals surface area contributed by atoms with Crippen molar-refractivity contribution in [1.29, 1.82) is 0 Å². The number of halogens is 2. The van der Waals surface area contributed by atoms with Gasteiger partial charge in [-0.05, 0) is 17.5 Å². The van der Waals surface area contributed by atoms with Gasteiger partial charge in [0.05, 0.1) is 5.52 Å². The quantitative estimate of drug-likeness (QED) is 0.136. The summed E-state index contributed by atoms with van der Waals surface area (Å²) < 4.78 is 0. The molecule has 0 aliphatic heterocycles. The van der Waals surface area contributed by atoms with E-state index in [4.69, 9.17) is 0 Å². The molecule has 5 aromatic carbocycles. The Morgan fingerprint density at radius 1 is 0.711 bits per heavy atom. The van der Waals surface area contributed by atoms with Gasteiger partial charge in [-0.15, -0.1) is 100.0 Å². The SMILES string of the molecule is CC(C)c1cc2c(-c3cccc4cccnc34)cccc2[cH-]1.Cc1cc2ccccc2[cH-]1.Cl.Cl.[CH3-].[CH3-].[Si]=[Zr].